The molecule has 0 spiro atoms. The molecule has 3 nitrogen and oxygen atoms in total. The van der Waals surface area contributed by atoms with E-state index in [0.717, 1.165) is 11.8 Å². The highest BCUT2D eigenvalue weighted by Crippen LogP contribution is 2.19. The fourth-order valence-corrected chi connectivity index (χ4v) is 2.29. The van der Waals surface area contributed by atoms with E-state index in [2.05, 4.69) is 0 Å². The van der Waals surface area contributed by atoms with Crippen LogP contribution in [0.5, 0.6) is 0 Å². The summed E-state index contributed by atoms with van der Waals surface area (Å²) in [7, 11) is -3.22. The van der Waals surface area contributed by atoms with Gasteiger partial charge in [0.25, 0.3) is 0 Å². The summed E-state index contributed by atoms with van der Waals surface area (Å²) in [6.45, 7) is 0.0840. The summed E-state index contributed by atoms with van der Waals surface area (Å²) >= 11 is 5.81. The van der Waals surface area contributed by atoms with Gasteiger partial charge in [-0.3, -0.25) is 0 Å². The van der Waals surface area contributed by atoms with E-state index in [9.17, 15) is 8.42 Å². The van der Waals surface area contributed by atoms with Crippen LogP contribution in [0.1, 0.15) is 12.0 Å². The number of aryl methyl sites for hydroxylation is 1. The van der Waals surface area contributed by atoms with Crippen LogP contribution in [-0.2, 0) is 16.3 Å². The van der Waals surface area contributed by atoms with E-state index >= 15 is 0 Å². The van der Waals surface area contributed by atoms with Crippen LogP contribution in [0.15, 0.2) is 23.1 Å². The molecule has 0 aliphatic carbocycles. The Bertz CT molecular complexity index is 440. The van der Waals surface area contributed by atoms with Crippen molar-refractivity contribution in [1.82, 2.24) is 0 Å². The molecule has 1 aromatic rings. The summed E-state index contributed by atoms with van der Waals surface area (Å²) in [6, 6.07) is 4.74. The zero-order chi connectivity index (χ0) is 11.5. The van der Waals surface area contributed by atoms with Gasteiger partial charge in [0.05, 0.1) is 4.90 Å². The predicted molar refractivity (Wildman–Crippen MR) is 60.0 cm³/mol. The molecule has 0 atom stereocenters. The van der Waals surface area contributed by atoms with Crippen LogP contribution in [0.25, 0.3) is 0 Å². The Labute approximate surface area is 94.6 Å². The van der Waals surface area contributed by atoms with E-state index in [1.165, 1.54) is 6.07 Å². The molecule has 5 heteroatoms. The molecular formula is C10H13ClO3S. The van der Waals surface area contributed by atoms with Crippen molar-refractivity contribution in [3.63, 3.8) is 0 Å². The Morgan fingerprint density at radius 2 is 2.00 bits per heavy atom. The van der Waals surface area contributed by atoms with Gasteiger partial charge in [0.15, 0.2) is 9.84 Å². The van der Waals surface area contributed by atoms with Crippen LogP contribution in [0.3, 0.4) is 0 Å². The van der Waals surface area contributed by atoms with Gasteiger partial charge in [-0.1, -0.05) is 11.6 Å². The lowest BCUT2D eigenvalue weighted by Crippen LogP contribution is -1.99. The number of sulfone groups is 1. The predicted octanol–water partition coefficient (Wildman–Crippen LogP) is 1.67. The molecule has 0 saturated heterocycles. The summed E-state index contributed by atoms with van der Waals surface area (Å²) in [5.74, 6) is 0. The van der Waals surface area contributed by atoms with Crippen LogP contribution in [0, 0.1) is 0 Å². The Balaban J connectivity index is 3.06. The van der Waals surface area contributed by atoms with Crippen LogP contribution in [0.4, 0.5) is 0 Å². The highest BCUT2D eigenvalue weighted by molar-refractivity contribution is 7.90. The first kappa shape index (κ1) is 12.5. The second kappa shape index (κ2) is 4.96. The van der Waals surface area contributed by atoms with Gasteiger partial charge in [-0.2, -0.15) is 0 Å². The lowest BCUT2D eigenvalue weighted by molar-refractivity contribution is 0.288. The quantitative estimate of drug-likeness (QED) is 0.882. The molecule has 0 fully saturated rings. The van der Waals surface area contributed by atoms with E-state index in [0.29, 0.717) is 17.9 Å². The molecule has 0 radical (unpaired) electrons. The van der Waals surface area contributed by atoms with E-state index < -0.39 is 9.84 Å². The highest BCUT2D eigenvalue weighted by atomic mass is 35.5. The fraction of sp³-hybridized carbons (Fsp3) is 0.400. The van der Waals surface area contributed by atoms with Gasteiger partial charge in [-0.25, -0.2) is 8.42 Å². The van der Waals surface area contributed by atoms with E-state index in [4.69, 9.17) is 16.7 Å². The molecule has 0 unspecified atom stereocenters. The Morgan fingerprint density at radius 3 is 2.53 bits per heavy atom. The standard InChI is InChI=1S/C10H13ClO3S/c1-15(13,14)10-6-8(3-2-4-12)5-9(11)7-10/h5-7,12H,2-4H2,1H3. The number of halogens is 1. The molecule has 84 valence electrons. The van der Waals surface area contributed by atoms with Crippen LogP contribution < -0.4 is 0 Å². The summed E-state index contributed by atoms with van der Waals surface area (Å²) in [4.78, 5) is 0.225. The second-order valence-corrected chi connectivity index (χ2v) is 5.85. The van der Waals surface area contributed by atoms with E-state index in [-0.39, 0.29) is 11.5 Å². The third kappa shape index (κ3) is 3.81. The maximum absolute atomic E-state index is 11.3. The van der Waals surface area contributed by atoms with Gasteiger partial charge in [-0.15, -0.1) is 0 Å². The van der Waals surface area contributed by atoms with Crippen LogP contribution in [0.2, 0.25) is 5.02 Å². The lowest BCUT2D eigenvalue weighted by Gasteiger charge is -2.04. The van der Waals surface area contributed by atoms with E-state index in [1.54, 1.807) is 12.1 Å². The van der Waals surface area contributed by atoms with E-state index in [1.807, 2.05) is 0 Å². The molecule has 0 saturated carbocycles. The second-order valence-electron chi connectivity index (χ2n) is 3.39. The molecule has 1 rings (SSSR count). The van der Waals surface area contributed by atoms with Crippen LogP contribution in [-0.4, -0.2) is 26.4 Å². The Hall–Kier alpha value is -0.580. The maximum Gasteiger partial charge on any atom is 0.175 e. The van der Waals surface area contributed by atoms with Crippen molar-refractivity contribution in [2.24, 2.45) is 0 Å². The minimum Gasteiger partial charge on any atom is -0.396 e. The maximum atomic E-state index is 11.3. The topological polar surface area (TPSA) is 54.4 Å². The molecule has 1 aromatic carbocycles. The molecule has 0 aliphatic rings. The van der Waals surface area contributed by atoms with Gasteiger partial charge >= 0.3 is 0 Å². The molecule has 0 amide bonds. The average Bonchev–Trinajstić information content (AvgIpc) is 2.12. The SMILES string of the molecule is CS(=O)(=O)c1cc(Cl)cc(CCCO)c1. The first-order chi connectivity index (χ1) is 6.93. The van der Waals surface area contributed by atoms with Crippen molar-refractivity contribution >= 4 is 21.4 Å². The number of hydrogen-bond donors (Lipinski definition) is 1. The van der Waals surface area contributed by atoms with Gasteiger partial charge in [-0.05, 0) is 36.6 Å². The van der Waals surface area contributed by atoms with Crippen molar-refractivity contribution in [3.05, 3.63) is 28.8 Å². The first-order valence-electron chi connectivity index (χ1n) is 4.54. The minimum absolute atomic E-state index is 0.0840. The first-order valence-corrected chi connectivity index (χ1v) is 6.81. The average molecular weight is 249 g/mol. The Kier molecular flexibility index (Phi) is 4.13. The summed E-state index contributed by atoms with van der Waals surface area (Å²) in [5.41, 5.74) is 0.831. The third-order valence-electron chi connectivity index (χ3n) is 1.98. The molecule has 0 aliphatic heterocycles. The number of benzene rings is 1. The molecule has 0 heterocycles. The smallest absolute Gasteiger partial charge is 0.175 e. The monoisotopic (exact) mass is 248 g/mol. The summed E-state index contributed by atoms with van der Waals surface area (Å²) in [5, 5.41) is 9.08. The summed E-state index contributed by atoms with van der Waals surface area (Å²) < 4.78 is 22.6. The minimum atomic E-state index is -3.22. The van der Waals surface area contributed by atoms with Crippen molar-refractivity contribution in [1.29, 1.82) is 0 Å². The number of aliphatic hydroxyl groups is 1. The van der Waals surface area contributed by atoms with Crippen molar-refractivity contribution < 1.29 is 13.5 Å². The van der Waals surface area contributed by atoms with Crippen molar-refractivity contribution in [2.75, 3.05) is 12.9 Å². The Morgan fingerprint density at radius 1 is 1.33 bits per heavy atom. The molecule has 15 heavy (non-hydrogen) atoms. The zero-order valence-electron chi connectivity index (χ0n) is 8.40. The van der Waals surface area contributed by atoms with Gasteiger partial charge < -0.3 is 5.11 Å². The molecular weight excluding hydrogens is 236 g/mol. The third-order valence-corrected chi connectivity index (χ3v) is 3.29. The van der Waals surface area contributed by atoms with Gasteiger partial charge in [0.2, 0.25) is 0 Å². The highest BCUT2D eigenvalue weighted by Gasteiger charge is 2.09. The van der Waals surface area contributed by atoms with Crippen molar-refractivity contribution in [2.45, 2.75) is 17.7 Å². The number of rotatable bonds is 4. The number of hydrogen-bond acceptors (Lipinski definition) is 3. The molecule has 0 bridgehead atoms. The zero-order valence-corrected chi connectivity index (χ0v) is 9.98. The fourth-order valence-electron chi connectivity index (χ4n) is 1.26. The lowest BCUT2D eigenvalue weighted by atomic mass is 10.1. The normalized spacial score (nSPS) is 11.7. The molecule has 1 N–H and O–H groups in total. The summed E-state index contributed by atoms with van der Waals surface area (Å²) in [6.07, 6.45) is 2.37. The molecule has 0 aromatic heterocycles. The number of aliphatic hydroxyl groups excluding tert-OH is 1. The largest absolute Gasteiger partial charge is 0.396 e. The van der Waals surface area contributed by atoms with Gasteiger partial charge in [0.1, 0.15) is 0 Å². The van der Waals surface area contributed by atoms with Crippen molar-refractivity contribution in [3.8, 4) is 0 Å². The van der Waals surface area contributed by atoms with Crippen LogP contribution >= 0.6 is 11.6 Å². The van der Waals surface area contributed by atoms with Gasteiger partial charge in [0, 0.05) is 17.9 Å².